The molecule has 0 radical (unpaired) electrons. The van der Waals surface area contributed by atoms with Gasteiger partial charge in [0, 0.05) is 27.9 Å². The van der Waals surface area contributed by atoms with Crippen molar-refractivity contribution in [1.82, 2.24) is 10.2 Å². The molecule has 2 aromatic rings. The van der Waals surface area contributed by atoms with Crippen molar-refractivity contribution < 1.29 is 9.53 Å². The Morgan fingerprint density at radius 3 is 2.19 bits per heavy atom. The predicted octanol–water partition coefficient (Wildman–Crippen LogP) is 3.67. The molecular weight excluding hydrogens is 344 g/mol. The Morgan fingerprint density at radius 2 is 1.65 bits per heavy atom. The second-order valence-electron chi connectivity index (χ2n) is 7.02. The maximum Gasteiger partial charge on any atom is 0.251 e. The van der Waals surface area contributed by atoms with E-state index in [-0.39, 0.29) is 5.91 Å². The number of methoxy groups -OCH3 is 1. The fraction of sp³-hybridized carbons (Fsp3) is 0.381. The predicted molar refractivity (Wildman–Crippen MR) is 104 cm³/mol. The largest absolute Gasteiger partial charge is 0.497 e. The Balaban J connectivity index is 1.36. The highest BCUT2D eigenvalue weighted by Crippen LogP contribution is 2.30. The summed E-state index contributed by atoms with van der Waals surface area (Å²) in [5.41, 5.74) is 0.737. The molecule has 0 aromatic heterocycles. The van der Waals surface area contributed by atoms with Gasteiger partial charge in [-0.15, -0.1) is 0 Å². The van der Waals surface area contributed by atoms with Crippen LogP contribution in [0.25, 0.3) is 0 Å². The average Bonchev–Trinajstić information content (AvgIpc) is 2.70. The van der Waals surface area contributed by atoms with Gasteiger partial charge in [-0.2, -0.15) is 0 Å². The molecule has 4 nitrogen and oxygen atoms in total. The number of ether oxygens (including phenoxy) is 1. The summed E-state index contributed by atoms with van der Waals surface area (Å²) in [7, 11) is 1.67. The smallest absolute Gasteiger partial charge is 0.251 e. The number of hydrogen-bond acceptors (Lipinski definition) is 4. The van der Waals surface area contributed by atoms with E-state index in [0.717, 1.165) is 27.6 Å². The molecule has 1 unspecified atom stereocenters. The zero-order chi connectivity index (χ0) is 17.9. The van der Waals surface area contributed by atoms with E-state index in [9.17, 15) is 4.79 Å². The Morgan fingerprint density at radius 1 is 1.04 bits per heavy atom. The molecule has 2 aromatic carbocycles. The normalized spacial score (nSPS) is 24.3. The highest BCUT2D eigenvalue weighted by molar-refractivity contribution is 7.99. The standard InChI is InChI=1S/C21H24N2O2S/c1-25-17-4-8-19(9-5-17)26-18-6-2-16(3-7-18)21(24)22-20-14-23-12-10-15(20)11-13-23/h2-9,15,20H,10-14H2,1H3,(H,22,24). The highest BCUT2D eigenvalue weighted by Gasteiger charge is 2.34. The highest BCUT2D eigenvalue weighted by atomic mass is 32.2. The van der Waals surface area contributed by atoms with Crippen LogP contribution in [-0.2, 0) is 0 Å². The van der Waals surface area contributed by atoms with Crippen molar-refractivity contribution in [2.24, 2.45) is 5.92 Å². The van der Waals surface area contributed by atoms with Gasteiger partial charge in [-0.1, -0.05) is 11.8 Å². The van der Waals surface area contributed by atoms with E-state index in [4.69, 9.17) is 4.74 Å². The van der Waals surface area contributed by atoms with E-state index < -0.39 is 0 Å². The van der Waals surface area contributed by atoms with Crippen LogP contribution >= 0.6 is 11.8 Å². The number of benzene rings is 2. The minimum Gasteiger partial charge on any atom is -0.497 e. The van der Waals surface area contributed by atoms with Crippen LogP contribution < -0.4 is 10.1 Å². The molecular formula is C21H24N2O2S. The van der Waals surface area contributed by atoms with Crippen molar-refractivity contribution >= 4 is 17.7 Å². The van der Waals surface area contributed by atoms with Crippen LogP contribution in [0.4, 0.5) is 0 Å². The fourth-order valence-electron chi connectivity index (χ4n) is 3.83. The van der Waals surface area contributed by atoms with Gasteiger partial charge in [-0.3, -0.25) is 4.79 Å². The first-order valence-electron chi connectivity index (χ1n) is 9.16. The van der Waals surface area contributed by atoms with Gasteiger partial charge in [0.2, 0.25) is 0 Å². The summed E-state index contributed by atoms with van der Waals surface area (Å²) in [6.45, 7) is 3.38. The number of hydrogen-bond donors (Lipinski definition) is 1. The molecule has 3 aliphatic rings. The van der Waals surface area contributed by atoms with Crippen molar-refractivity contribution in [3.05, 3.63) is 54.1 Å². The molecule has 0 saturated carbocycles. The lowest BCUT2D eigenvalue weighted by Gasteiger charge is -2.44. The third kappa shape index (κ3) is 3.89. The first kappa shape index (κ1) is 17.4. The van der Waals surface area contributed by atoms with Gasteiger partial charge in [0.1, 0.15) is 5.75 Å². The zero-order valence-corrected chi connectivity index (χ0v) is 15.8. The van der Waals surface area contributed by atoms with E-state index in [2.05, 4.69) is 10.2 Å². The molecule has 3 aliphatic heterocycles. The van der Waals surface area contributed by atoms with Crippen molar-refractivity contribution in [3.63, 3.8) is 0 Å². The van der Waals surface area contributed by atoms with E-state index in [1.807, 2.05) is 48.5 Å². The monoisotopic (exact) mass is 368 g/mol. The van der Waals surface area contributed by atoms with Gasteiger partial charge in [-0.25, -0.2) is 0 Å². The Kier molecular flexibility index (Phi) is 5.18. The summed E-state index contributed by atoms with van der Waals surface area (Å²) >= 11 is 1.68. The SMILES string of the molecule is COc1ccc(Sc2ccc(C(=O)NC3CN4CCC3CC4)cc2)cc1. The average molecular weight is 369 g/mol. The summed E-state index contributed by atoms with van der Waals surface area (Å²) in [5.74, 6) is 1.55. The first-order valence-corrected chi connectivity index (χ1v) is 9.98. The molecule has 1 N–H and O–H groups in total. The summed E-state index contributed by atoms with van der Waals surface area (Å²) in [5, 5.41) is 3.25. The number of piperidine rings is 3. The molecule has 136 valence electrons. The lowest BCUT2D eigenvalue weighted by atomic mass is 9.84. The molecule has 0 spiro atoms. The number of rotatable bonds is 5. The molecule has 0 aliphatic carbocycles. The maximum atomic E-state index is 12.6. The lowest BCUT2D eigenvalue weighted by Crippen LogP contribution is -2.57. The molecule has 5 heteroatoms. The van der Waals surface area contributed by atoms with Gasteiger partial charge in [0.25, 0.3) is 5.91 Å². The van der Waals surface area contributed by atoms with E-state index in [1.54, 1.807) is 18.9 Å². The van der Waals surface area contributed by atoms with Crippen molar-refractivity contribution in [2.45, 2.75) is 28.7 Å². The minimum atomic E-state index is 0.0461. The molecule has 2 bridgehead atoms. The van der Waals surface area contributed by atoms with Crippen LogP contribution in [0.1, 0.15) is 23.2 Å². The van der Waals surface area contributed by atoms with Gasteiger partial charge >= 0.3 is 0 Å². The van der Waals surface area contributed by atoms with E-state index in [0.29, 0.717) is 12.0 Å². The molecule has 3 saturated heterocycles. The molecule has 1 atom stereocenters. The minimum absolute atomic E-state index is 0.0461. The number of fused-ring (bicyclic) bond motifs is 3. The quantitative estimate of drug-likeness (QED) is 0.874. The molecule has 1 amide bonds. The number of nitrogens with one attached hydrogen (secondary N) is 1. The Hall–Kier alpha value is -1.98. The molecule has 3 heterocycles. The van der Waals surface area contributed by atoms with Gasteiger partial charge in [-0.05, 0) is 80.4 Å². The first-order chi connectivity index (χ1) is 12.7. The number of carbonyl (C=O) groups is 1. The fourth-order valence-corrected chi connectivity index (χ4v) is 4.65. The lowest BCUT2D eigenvalue weighted by molar-refractivity contribution is 0.0620. The van der Waals surface area contributed by atoms with Gasteiger partial charge in [0.05, 0.1) is 7.11 Å². The number of nitrogens with zero attached hydrogens (tertiary/aromatic N) is 1. The molecule has 5 rings (SSSR count). The third-order valence-electron chi connectivity index (χ3n) is 5.38. The van der Waals surface area contributed by atoms with Crippen LogP contribution in [0.2, 0.25) is 0 Å². The summed E-state index contributed by atoms with van der Waals surface area (Å²) in [4.78, 5) is 17.3. The maximum absolute atomic E-state index is 12.6. The van der Waals surface area contributed by atoms with Crippen molar-refractivity contribution in [1.29, 1.82) is 0 Å². The summed E-state index contributed by atoms with van der Waals surface area (Å²) < 4.78 is 5.19. The second-order valence-corrected chi connectivity index (χ2v) is 8.17. The Bertz CT molecular complexity index is 753. The second kappa shape index (κ2) is 7.72. The number of carbonyl (C=O) groups excluding carboxylic acids is 1. The number of amides is 1. The van der Waals surface area contributed by atoms with Crippen LogP contribution in [0.15, 0.2) is 58.3 Å². The Labute approximate surface area is 158 Å². The van der Waals surface area contributed by atoms with Crippen LogP contribution in [-0.4, -0.2) is 43.6 Å². The molecule has 3 fully saturated rings. The third-order valence-corrected chi connectivity index (χ3v) is 6.40. The van der Waals surface area contributed by atoms with E-state index >= 15 is 0 Å². The summed E-state index contributed by atoms with van der Waals surface area (Å²) in [6, 6.07) is 16.2. The van der Waals surface area contributed by atoms with Gasteiger partial charge < -0.3 is 15.0 Å². The molecule has 26 heavy (non-hydrogen) atoms. The summed E-state index contributed by atoms with van der Waals surface area (Å²) in [6.07, 6.45) is 2.42. The van der Waals surface area contributed by atoms with Crippen molar-refractivity contribution in [2.75, 3.05) is 26.7 Å². The topological polar surface area (TPSA) is 41.6 Å². The van der Waals surface area contributed by atoms with E-state index in [1.165, 1.54) is 25.9 Å². The van der Waals surface area contributed by atoms with Crippen LogP contribution in [0, 0.1) is 5.92 Å². The van der Waals surface area contributed by atoms with Gasteiger partial charge in [0.15, 0.2) is 0 Å². The zero-order valence-electron chi connectivity index (χ0n) is 15.0. The van der Waals surface area contributed by atoms with Crippen LogP contribution in [0.3, 0.4) is 0 Å². The van der Waals surface area contributed by atoms with Crippen molar-refractivity contribution in [3.8, 4) is 5.75 Å². The van der Waals surface area contributed by atoms with Crippen LogP contribution in [0.5, 0.6) is 5.75 Å².